The van der Waals surface area contributed by atoms with Gasteiger partial charge in [-0.1, -0.05) is 57.2 Å². The van der Waals surface area contributed by atoms with Gasteiger partial charge in [0.2, 0.25) is 5.95 Å². The van der Waals surface area contributed by atoms with Gasteiger partial charge < -0.3 is 10.4 Å². The van der Waals surface area contributed by atoms with E-state index >= 15 is 0 Å². The van der Waals surface area contributed by atoms with Gasteiger partial charge in [-0.3, -0.25) is 0 Å². The Labute approximate surface area is 200 Å². The molecule has 33 heavy (non-hydrogen) atoms. The number of aliphatic hydroxyl groups excluding tert-OH is 1. The van der Waals surface area contributed by atoms with E-state index in [1.165, 1.54) is 16.0 Å². The second-order valence-electron chi connectivity index (χ2n) is 8.07. The number of allylic oxidation sites excluding steroid dienone is 1. The van der Waals surface area contributed by atoms with Crippen LogP contribution in [0.15, 0.2) is 59.6 Å². The van der Waals surface area contributed by atoms with Crippen molar-refractivity contribution >= 4 is 22.9 Å². The van der Waals surface area contributed by atoms with E-state index in [9.17, 15) is 0 Å². The molecule has 2 N–H and O–H groups in total. The second-order valence-corrected chi connectivity index (χ2v) is 9.02. The highest BCUT2D eigenvalue weighted by atomic mass is 32.1. The van der Waals surface area contributed by atoms with Gasteiger partial charge in [0.25, 0.3) is 0 Å². The third-order valence-corrected chi connectivity index (χ3v) is 6.32. The van der Waals surface area contributed by atoms with Crippen molar-refractivity contribution in [2.75, 3.05) is 11.9 Å². The summed E-state index contributed by atoms with van der Waals surface area (Å²) in [5.74, 6) is 1.84. The topological polar surface area (TPSA) is 75.3 Å². The van der Waals surface area contributed by atoms with Gasteiger partial charge in [-0.15, -0.1) is 11.3 Å². The SMILES string of the molecule is C/C=C(\CC)CO.Cc1nc(NCc2ccc(-c3cccs3)cc2)n2ncc(C(C)C)c2n1. The van der Waals surface area contributed by atoms with Crippen molar-refractivity contribution in [1.82, 2.24) is 19.6 Å². The number of nitrogens with one attached hydrogen (secondary N) is 1. The third kappa shape index (κ3) is 6.27. The van der Waals surface area contributed by atoms with Crippen molar-refractivity contribution in [2.24, 2.45) is 0 Å². The Bertz CT molecular complexity index is 1170. The van der Waals surface area contributed by atoms with E-state index in [-0.39, 0.29) is 6.61 Å². The van der Waals surface area contributed by atoms with Crippen molar-refractivity contribution in [2.45, 2.75) is 53.5 Å². The lowest BCUT2D eigenvalue weighted by molar-refractivity contribution is 0.327. The maximum atomic E-state index is 8.46. The molecule has 0 radical (unpaired) electrons. The largest absolute Gasteiger partial charge is 0.392 e. The Morgan fingerprint density at radius 3 is 2.48 bits per heavy atom. The highest BCUT2D eigenvalue weighted by Gasteiger charge is 2.13. The van der Waals surface area contributed by atoms with E-state index in [2.05, 4.69) is 76.0 Å². The van der Waals surface area contributed by atoms with Crippen LogP contribution in [0.1, 0.15) is 57.0 Å². The van der Waals surface area contributed by atoms with Gasteiger partial charge in [-0.05, 0) is 54.3 Å². The summed E-state index contributed by atoms with van der Waals surface area (Å²) in [6.07, 6.45) is 4.79. The standard InChI is InChI=1S/C20H21N5S.C6H12O/c1-13(2)17-12-22-25-19(17)23-14(3)24-20(25)21-11-15-6-8-16(9-7-15)18-5-4-10-26-18;1-3-6(4-2)5-7/h4-10,12-13H,11H2,1-3H3,(H,21,23,24);3,7H,4-5H2,1-2H3/b;6-3+. The monoisotopic (exact) mass is 463 g/mol. The van der Waals surface area contributed by atoms with E-state index in [1.807, 2.05) is 33.0 Å². The number of aromatic nitrogens is 4. The molecule has 0 saturated carbocycles. The van der Waals surface area contributed by atoms with Crippen LogP contribution in [0.3, 0.4) is 0 Å². The number of hydrogen-bond acceptors (Lipinski definition) is 6. The first kappa shape index (κ1) is 24.6. The van der Waals surface area contributed by atoms with Crippen LogP contribution >= 0.6 is 11.3 Å². The summed E-state index contributed by atoms with van der Waals surface area (Å²) in [7, 11) is 0. The number of anilines is 1. The molecule has 0 fully saturated rings. The van der Waals surface area contributed by atoms with Crippen LogP contribution in [0.2, 0.25) is 0 Å². The highest BCUT2D eigenvalue weighted by molar-refractivity contribution is 7.13. The molecule has 0 aliphatic rings. The van der Waals surface area contributed by atoms with E-state index in [4.69, 9.17) is 5.11 Å². The molecule has 6 nitrogen and oxygen atoms in total. The van der Waals surface area contributed by atoms with Crippen molar-refractivity contribution < 1.29 is 5.11 Å². The Hall–Kier alpha value is -3.03. The first-order valence-electron chi connectivity index (χ1n) is 11.3. The maximum absolute atomic E-state index is 8.46. The molecule has 4 rings (SSSR count). The minimum atomic E-state index is 0.215. The lowest BCUT2D eigenvalue weighted by atomic mass is 10.1. The molecule has 0 aliphatic carbocycles. The highest BCUT2D eigenvalue weighted by Crippen LogP contribution is 2.25. The zero-order chi connectivity index (χ0) is 23.8. The van der Waals surface area contributed by atoms with Gasteiger partial charge in [0, 0.05) is 17.0 Å². The van der Waals surface area contributed by atoms with Gasteiger partial charge in [0.05, 0.1) is 12.8 Å². The number of aryl methyl sites for hydroxylation is 1. The van der Waals surface area contributed by atoms with Crippen LogP contribution in [0.25, 0.3) is 16.1 Å². The molecule has 1 aromatic carbocycles. The molecular weight excluding hydrogens is 430 g/mol. The zero-order valence-corrected chi connectivity index (χ0v) is 20.9. The van der Waals surface area contributed by atoms with Gasteiger partial charge in [-0.2, -0.15) is 14.6 Å². The van der Waals surface area contributed by atoms with Gasteiger partial charge in [0.15, 0.2) is 5.65 Å². The molecule has 0 amide bonds. The summed E-state index contributed by atoms with van der Waals surface area (Å²) in [5, 5.41) is 18.4. The van der Waals surface area contributed by atoms with Crippen molar-refractivity contribution in [1.29, 1.82) is 0 Å². The molecule has 3 heterocycles. The predicted octanol–water partition coefficient (Wildman–Crippen LogP) is 6.23. The first-order chi connectivity index (χ1) is 16.0. The Kier molecular flexibility index (Phi) is 8.74. The fourth-order valence-electron chi connectivity index (χ4n) is 3.34. The molecule has 4 aromatic rings. The molecule has 0 atom stereocenters. The Morgan fingerprint density at radius 1 is 1.18 bits per heavy atom. The quantitative estimate of drug-likeness (QED) is 0.318. The molecule has 3 aromatic heterocycles. The minimum absolute atomic E-state index is 0.215. The minimum Gasteiger partial charge on any atom is -0.392 e. The lowest BCUT2D eigenvalue weighted by Gasteiger charge is -2.09. The van der Waals surface area contributed by atoms with Crippen molar-refractivity contribution in [3.05, 3.63) is 76.6 Å². The lowest BCUT2D eigenvalue weighted by Crippen LogP contribution is -2.10. The van der Waals surface area contributed by atoms with Crippen LogP contribution in [0.4, 0.5) is 5.95 Å². The molecule has 0 saturated heterocycles. The first-order valence-corrected chi connectivity index (χ1v) is 12.2. The summed E-state index contributed by atoms with van der Waals surface area (Å²) >= 11 is 1.76. The Balaban J connectivity index is 0.000000383. The summed E-state index contributed by atoms with van der Waals surface area (Å²) in [6.45, 7) is 11.1. The van der Waals surface area contributed by atoms with Crippen LogP contribution in [-0.4, -0.2) is 31.3 Å². The van der Waals surface area contributed by atoms with Gasteiger partial charge in [0.1, 0.15) is 5.82 Å². The normalized spacial score (nSPS) is 11.5. The van der Waals surface area contributed by atoms with Crippen LogP contribution < -0.4 is 5.32 Å². The van der Waals surface area contributed by atoms with Gasteiger partial charge >= 0.3 is 0 Å². The third-order valence-electron chi connectivity index (χ3n) is 5.40. The number of hydrogen-bond donors (Lipinski definition) is 2. The number of aliphatic hydroxyl groups is 1. The number of fused-ring (bicyclic) bond motifs is 1. The zero-order valence-electron chi connectivity index (χ0n) is 20.0. The summed E-state index contributed by atoms with van der Waals surface area (Å²) in [6, 6.07) is 12.8. The smallest absolute Gasteiger partial charge is 0.227 e. The van der Waals surface area contributed by atoms with Crippen molar-refractivity contribution in [3.63, 3.8) is 0 Å². The molecule has 0 bridgehead atoms. The van der Waals surface area contributed by atoms with E-state index in [0.717, 1.165) is 35.0 Å². The number of rotatable bonds is 7. The van der Waals surface area contributed by atoms with Crippen LogP contribution in [-0.2, 0) is 6.54 Å². The fourth-order valence-corrected chi connectivity index (χ4v) is 4.07. The van der Waals surface area contributed by atoms with Crippen LogP contribution in [0.5, 0.6) is 0 Å². The molecule has 0 aliphatic heterocycles. The Morgan fingerprint density at radius 2 is 1.94 bits per heavy atom. The molecule has 0 unspecified atom stereocenters. The number of thiophene rings is 1. The van der Waals surface area contributed by atoms with E-state index < -0.39 is 0 Å². The average Bonchev–Trinajstić information content (AvgIpc) is 3.50. The maximum Gasteiger partial charge on any atom is 0.227 e. The van der Waals surface area contributed by atoms with Gasteiger partial charge in [-0.25, -0.2) is 4.98 Å². The predicted molar refractivity (Wildman–Crippen MR) is 138 cm³/mol. The van der Waals surface area contributed by atoms with E-state index in [0.29, 0.717) is 12.5 Å². The van der Waals surface area contributed by atoms with Crippen LogP contribution in [0, 0.1) is 6.92 Å². The number of nitrogens with zero attached hydrogens (tertiary/aromatic N) is 4. The second kappa shape index (κ2) is 11.7. The average molecular weight is 464 g/mol. The summed E-state index contributed by atoms with van der Waals surface area (Å²) in [5.41, 5.74) is 5.57. The summed E-state index contributed by atoms with van der Waals surface area (Å²) in [4.78, 5) is 10.4. The fraction of sp³-hybridized carbons (Fsp3) is 0.346. The van der Waals surface area contributed by atoms with Crippen molar-refractivity contribution in [3.8, 4) is 10.4 Å². The summed E-state index contributed by atoms with van der Waals surface area (Å²) < 4.78 is 1.79. The molecule has 0 spiro atoms. The molecule has 7 heteroatoms. The molecule has 174 valence electrons. The molecular formula is C26H33N5OS. The van der Waals surface area contributed by atoms with E-state index in [1.54, 1.807) is 15.9 Å². The number of benzene rings is 1.